The van der Waals surface area contributed by atoms with Crippen LogP contribution in [0.25, 0.3) is 0 Å². The Labute approximate surface area is 152 Å². The SMILES string of the molecule is COC(=O)Cn1nc(N2CCN(c3cccc(C)c3C)CC2)ccc1=O. The molecule has 0 spiro atoms. The maximum atomic E-state index is 11.9. The Balaban J connectivity index is 1.72. The largest absolute Gasteiger partial charge is 0.468 e. The highest BCUT2D eigenvalue weighted by molar-refractivity contribution is 5.68. The van der Waals surface area contributed by atoms with E-state index >= 15 is 0 Å². The van der Waals surface area contributed by atoms with E-state index in [1.807, 2.05) is 0 Å². The first kappa shape index (κ1) is 18.0. The maximum absolute atomic E-state index is 11.9. The van der Waals surface area contributed by atoms with Crippen LogP contribution in [0.4, 0.5) is 11.5 Å². The molecule has 1 fully saturated rings. The van der Waals surface area contributed by atoms with E-state index in [2.05, 4.69) is 51.7 Å². The van der Waals surface area contributed by atoms with Gasteiger partial charge in [-0.15, -0.1) is 0 Å². The Hall–Kier alpha value is -2.83. The molecular weight excluding hydrogens is 332 g/mol. The fourth-order valence-electron chi connectivity index (χ4n) is 3.16. The van der Waals surface area contributed by atoms with Crippen LogP contribution in [0.15, 0.2) is 35.1 Å². The number of carbonyl (C=O) groups excluding carboxylic acids is 1. The van der Waals surface area contributed by atoms with Crippen LogP contribution in [0.3, 0.4) is 0 Å². The van der Waals surface area contributed by atoms with E-state index in [-0.39, 0.29) is 12.1 Å². The summed E-state index contributed by atoms with van der Waals surface area (Å²) in [4.78, 5) is 27.8. The lowest BCUT2D eigenvalue weighted by atomic mass is 10.1. The summed E-state index contributed by atoms with van der Waals surface area (Å²) in [6, 6.07) is 9.54. The van der Waals surface area contributed by atoms with Crippen LogP contribution in [0.5, 0.6) is 0 Å². The molecule has 7 nitrogen and oxygen atoms in total. The lowest BCUT2D eigenvalue weighted by Crippen LogP contribution is -2.47. The van der Waals surface area contributed by atoms with E-state index < -0.39 is 5.97 Å². The quantitative estimate of drug-likeness (QED) is 0.771. The summed E-state index contributed by atoms with van der Waals surface area (Å²) >= 11 is 0. The topological polar surface area (TPSA) is 67.7 Å². The van der Waals surface area contributed by atoms with Gasteiger partial charge in [0, 0.05) is 37.9 Å². The van der Waals surface area contributed by atoms with Crippen LogP contribution in [0.2, 0.25) is 0 Å². The van der Waals surface area contributed by atoms with Crippen molar-refractivity contribution in [2.45, 2.75) is 20.4 Å². The lowest BCUT2D eigenvalue weighted by molar-refractivity contribution is -0.141. The van der Waals surface area contributed by atoms with Crippen molar-refractivity contribution in [2.75, 3.05) is 43.1 Å². The third kappa shape index (κ3) is 3.71. The predicted molar refractivity (Wildman–Crippen MR) is 101 cm³/mol. The fraction of sp³-hybridized carbons (Fsp3) is 0.421. The number of carbonyl (C=O) groups is 1. The van der Waals surface area contributed by atoms with Crippen molar-refractivity contribution in [1.82, 2.24) is 9.78 Å². The van der Waals surface area contributed by atoms with Gasteiger partial charge in [0.2, 0.25) is 0 Å². The Bertz CT molecular complexity index is 854. The minimum absolute atomic E-state index is 0.175. The Morgan fingerprint density at radius 1 is 1.08 bits per heavy atom. The molecule has 7 heteroatoms. The number of hydrogen-bond acceptors (Lipinski definition) is 6. The van der Waals surface area contributed by atoms with Gasteiger partial charge >= 0.3 is 5.97 Å². The van der Waals surface area contributed by atoms with Gasteiger partial charge in [-0.25, -0.2) is 4.68 Å². The molecule has 1 aliphatic rings. The number of ether oxygens (including phenoxy) is 1. The number of methoxy groups -OCH3 is 1. The van der Waals surface area contributed by atoms with Gasteiger partial charge in [0.05, 0.1) is 7.11 Å². The first-order valence-corrected chi connectivity index (χ1v) is 8.70. The second-order valence-electron chi connectivity index (χ2n) is 6.46. The fourth-order valence-corrected chi connectivity index (χ4v) is 3.16. The summed E-state index contributed by atoms with van der Waals surface area (Å²) in [7, 11) is 1.30. The zero-order valence-electron chi connectivity index (χ0n) is 15.4. The van der Waals surface area contributed by atoms with E-state index in [4.69, 9.17) is 0 Å². The van der Waals surface area contributed by atoms with Crippen LogP contribution in [0, 0.1) is 13.8 Å². The number of anilines is 2. The predicted octanol–water partition coefficient (Wildman–Crippen LogP) is 1.36. The first-order valence-electron chi connectivity index (χ1n) is 8.70. The van der Waals surface area contributed by atoms with Gasteiger partial charge in [-0.05, 0) is 37.1 Å². The smallest absolute Gasteiger partial charge is 0.327 e. The van der Waals surface area contributed by atoms with Gasteiger partial charge in [0.25, 0.3) is 5.56 Å². The third-order valence-electron chi connectivity index (χ3n) is 4.88. The zero-order valence-corrected chi connectivity index (χ0v) is 15.4. The summed E-state index contributed by atoms with van der Waals surface area (Å²) in [5, 5.41) is 4.32. The normalized spacial score (nSPS) is 14.4. The van der Waals surface area contributed by atoms with Gasteiger partial charge in [0.15, 0.2) is 0 Å². The number of aryl methyl sites for hydroxylation is 1. The molecule has 1 aliphatic heterocycles. The maximum Gasteiger partial charge on any atom is 0.327 e. The van der Waals surface area contributed by atoms with E-state index in [9.17, 15) is 9.59 Å². The molecular formula is C19H24N4O3. The molecule has 0 amide bonds. The van der Waals surface area contributed by atoms with Crippen molar-refractivity contribution in [3.8, 4) is 0 Å². The van der Waals surface area contributed by atoms with E-state index in [1.165, 1.54) is 30.0 Å². The lowest BCUT2D eigenvalue weighted by Gasteiger charge is -2.37. The van der Waals surface area contributed by atoms with Gasteiger partial charge in [-0.1, -0.05) is 12.1 Å². The second-order valence-corrected chi connectivity index (χ2v) is 6.46. The van der Waals surface area contributed by atoms with Crippen LogP contribution >= 0.6 is 0 Å². The average Bonchev–Trinajstić information content (AvgIpc) is 2.66. The van der Waals surface area contributed by atoms with Crippen LogP contribution < -0.4 is 15.4 Å². The summed E-state index contributed by atoms with van der Waals surface area (Å²) < 4.78 is 5.77. The molecule has 0 radical (unpaired) electrons. The average molecular weight is 356 g/mol. The van der Waals surface area contributed by atoms with Gasteiger partial charge in [0.1, 0.15) is 12.4 Å². The molecule has 1 saturated heterocycles. The number of benzene rings is 1. The molecule has 2 aromatic rings. The summed E-state index contributed by atoms with van der Waals surface area (Å²) in [6.07, 6.45) is 0. The summed E-state index contributed by atoms with van der Waals surface area (Å²) in [5.74, 6) is 0.214. The number of rotatable bonds is 4. The van der Waals surface area contributed by atoms with E-state index in [0.717, 1.165) is 30.9 Å². The summed E-state index contributed by atoms with van der Waals surface area (Å²) in [6.45, 7) is 7.47. The van der Waals surface area contributed by atoms with Crippen molar-refractivity contribution in [3.63, 3.8) is 0 Å². The number of piperazine rings is 1. The van der Waals surface area contributed by atoms with Crippen LogP contribution in [0.1, 0.15) is 11.1 Å². The van der Waals surface area contributed by atoms with Gasteiger partial charge < -0.3 is 14.5 Å². The van der Waals surface area contributed by atoms with E-state index in [1.54, 1.807) is 6.07 Å². The zero-order chi connectivity index (χ0) is 18.7. The molecule has 2 heterocycles. The molecule has 0 atom stereocenters. The highest BCUT2D eigenvalue weighted by Crippen LogP contribution is 2.24. The summed E-state index contributed by atoms with van der Waals surface area (Å²) in [5.41, 5.74) is 3.56. The minimum Gasteiger partial charge on any atom is -0.468 e. The number of hydrogen-bond donors (Lipinski definition) is 0. The van der Waals surface area contributed by atoms with Crippen molar-refractivity contribution >= 4 is 17.5 Å². The Kier molecular flexibility index (Phi) is 5.25. The van der Waals surface area contributed by atoms with Crippen molar-refractivity contribution in [3.05, 3.63) is 51.8 Å². The molecule has 3 rings (SSSR count). The van der Waals surface area contributed by atoms with Crippen molar-refractivity contribution < 1.29 is 9.53 Å². The van der Waals surface area contributed by atoms with Crippen LogP contribution in [-0.2, 0) is 16.1 Å². The molecule has 1 aromatic heterocycles. The molecule has 0 aliphatic carbocycles. The molecule has 0 bridgehead atoms. The Morgan fingerprint density at radius 2 is 1.77 bits per heavy atom. The number of aromatic nitrogens is 2. The first-order chi connectivity index (χ1) is 12.5. The van der Waals surface area contributed by atoms with Crippen molar-refractivity contribution in [1.29, 1.82) is 0 Å². The second kappa shape index (κ2) is 7.59. The molecule has 0 saturated carbocycles. The Morgan fingerprint density at radius 3 is 2.46 bits per heavy atom. The molecule has 26 heavy (non-hydrogen) atoms. The highest BCUT2D eigenvalue weighted by Gasteiger charge is 2.20. The number of esters is 1. The molecule has 0 unspecified atom stereocenters. The van der Waals surface area contributed by atoms with Crippen LogP contribution in [-0.4, -0.2) is 49.0 Å². The standard InChI is InChI=1S/C19H24N4O3/c1-14-5-4-6-16(15(14)2)21-9-11-22(12-10-21)17-7-8-18(24)23(20-17)13-19(25)26-3/h4-8H,9-13H2,1-3H3. The molecule has 0 N–H and O–H groups in total. The molecule has 1 aromatic carbocycles. The third-order valence-corrected chi connectivity index (χ3v) is 4.88. The van der Waals surface area contributed by atoms with E-state index in [0.29, 0.717) is 5.82 Å². The highest BCUT2D eigenvalue weighted by atomic mass is 16.5. The number of nitrogens with zero attached hydrogens (tertiary/aromatic N) is 4. The van der Waals surface area contributed by atoms with Gasteiger partial charge in [-0.3, -0.25) is 9.59 Å². The van der Waals surface area contributed by atoms with Gasteiger partial charge in [-0.2, -0.15) is 5.10 Å². The molecule has 138 valence electrons. The van der Waals surface area contributed by atoms with Crippen molar-refractivity contribution in [2.24, 2.45) is 0 Å². The minimum atomic E-state index is -0.489. The monoisotopic (exact) mass is 356 g/mol.